The molecule has 25 heavy (non-hydrogen) atoms. The topological polar surface area (TPSA) is 88.8 Å². The molecule has 0 unspecified atom stereocenters. The van der Waals surface area contributed by atoms with Crippen molar-refractivity contribution in [2.24, 2.45) is 0 Å². The van der Waals surface area contributed by atoms with Crippen LogP contribution in [-0.4, -0.2) is 30.4 Å². The summed E-state index contributed by atoms with van der Waals surface area (Å²) in [7, 11) is 0. The molecule has 130 valence electrons. The van der Waals surface area contributed by atoms with Crippen LogP contribution in [0.2, 0.25) is 0 Å². The lowest BCUT2D eigenvalue weighted by molar-refractivity contribution is -0.153. The molecule has 0 fully saturated rings. The lowest BCUT2D eigenvalue weighted by Crippen LogP contribution is -2.47. The molecule has 2 aromatic rings. The van der Waals surface area contributed by atoms with E-state index in [1.807, 2.05) is 0 Å². The number of aryl methyl sites for hydroxylation is 1. The van der Waals surface area contributed by atoms with Crippen molar-refractivity contribution >= 4 is 29.2 Å². The van der Waals surface area contributed by atoms with E-state index in [0.717, 1.165) is 0 Å². The highest BCUT2D eigenvalue weighted by Crippen LogP contribution is 2.29. The summed E-state index contributed by atoms with van der Waals surface area (Å²) in [5, 5.41) is 2.71. The fraction of sp³-hybridized carbons (Fsp3) is 0.278. The third kappa shape index (κ3) is 3.88. The Kier molecular flexibility index (Phi) is 4.83. The molecule has 0 bridgehead atoms. The number of carbonyl (C=O) groups excluding carboxylic acids is 3. The highest BCUT2D eigenvalue weighted by Gasteiger charge is 2.31. The summed E-state index contributed by atoms with van der Waals surface area (Å²) in [6.07, 6.45) is 1.07. The molecular weight excluding hydrogens is 324 g/mol. The molecule has 0 saturated heterocycles. The number of ether oxygens (including phenoxy) is 1. The van der Waals surface area contributed by atoms with Crippen LogP contribution in [0.5, 0.6) is 0 Å². The highest BCUT2D eigenvalue weighted by atomic mass is 16.5. The molecule has 2 heterocycles. The second-order valence-corrected chi connectivity index (χ2v) is 5.70. The number of nitrogens with zero attached hydrogens (tertiary/aromatic N) is 1. The van der Waals surface area contributed by atoms with Crippen molar-refractivity contribution in [2.45, 2.75) is 25.9 Å². The first-order valence-corrected chi connectivity index (χ1v) is 7.96. The quantitative estimate of drug-likeness (QED) is 0.841. The maximum atomic E-state index is 12.6. The van der Waals surface area contributed by atoms with Crippen LogP contribution in [0.1, 0.15) is 19.1 Å². The number of para-hydroxylation sites is 2. The van der Waals surface area contributed by atoms with Crippen molar-refractivity contribution in [3.63, 3.8) is 0 Å². The Morgan fingerprint density at radius 3 is 2.84 bits per heavy atom. The van der Waals surface area contributed by atoms with Crippen molar-refractivity contribution in [1.82, 2.24) is 0 Å². The normalized spacial score (nSPS) is 14.4. The van der Waals surface area contributed by atoms with Gasteiger partial charge in [0.05, 0.1) is 24.1 Å². The molecule has 1 atom stereocenters. The van der Waals surface area contributed by atoms with Crippen molar-refractivity contribution in [2.75, 3.05) is 16.8 Å². The number of hydrogen-bond donors (Lipinski definition) is 1. The second-order valence-electron chi connectivity index (χ2n) is 5.70. The van der Waals surface area contributed by atoms with Gasteiger partial charge < -0.3 is 14.5 Å². The Balaban J connectivity index is 1.62. The summed E-state index contributed by atoms with van der Waals surface area (Å²) >= 11 is 0. The fourth-order valence-corrected chi connectivity index (χ4v) is 2.64. The predicted molar refractivity (Wildman–Crippen MR) is 90.0 cm³/mol. The molecule has 0 aliphatic carbocycles. The largest absolute Gasteiger partial charge is 0.469 e. The Bertz CT molecular complexity index is 785. The Morgan fingerprint density at radius 2 is 2.08 bits per heavy atom. The number of rotatable bonds is 5. The molecule has 1 aromatic heterocycles. The zero-order valence-electron chi connectivity index (χ0n) is 13.7. The molecule has 0 saturated carbocycles. The smallest absolute Gasteiger partial charge is 0.307 e. The zero-order chi connectivity index (χ0) is 17.8. The van der Waals surface area contributed by atoms with E-state index in [1.54, 1.807) is 36.4 Å². The summed E-state index contributed by atoms with van der Waals surface area (Å²) in [5.74, 6) is -0.540. The van der Waals surface area contributed by atoms with Crippen molar-refractivity contribution in [3.05, 3.63) is 48.4 Å². The fourth-order valence-electron chi connectivity index (χ4n) is 2.64. The van der Waals surface area contributed by atoms with Gasteiger partial charge in [-0.05, 0) is 31.2 Å². The molecule has 0 spiro atoms. The molecule has 2 amide bonds. The van der Waals surface area contributed by atoms with Gasteiger partial charge in [0.25, 0.3) is 5.91 Å². The molecule has 3 rings (SSSR count). The summed E-state index contributed by atoms with van der Waals surface area (Å²) in [6, 6.07) is 10.5. The van der Waals surface area contributed by atoms with Crippen LogP contribution in [0.15, 0.2) is 47.1 Å². The number of nitrogens with one attached hydrogen (secondary N) is 1. The number of benzene rings is 1. The average Bonchev–Trinajstić information content (AvgIpc) is 3.12. The predicted octanol–water partition coefficient (Wildman–Crippen LogP) is 2.13. The van der Waals surface area contributed by atoms with Gasteiger partial charge in [-0.1, -0.05) is 12.1 Å². The van der Waals surface area contributed by atoms with E-state index >= 15 is 0 Å². The molecule has 1 N–H and O–H groups in total. The number of esters is 1. The van der Waals surface area contributed by atoms with E-state index in [-0.39, 0.29) is 18.9 Å². The van der Waals surface area contributed by atoms with Crippen LogP contribution in [0, 0.1) is 0 Å². The average molecular weight is 342 g/mol. The van der Waals surface area contributed by atoms with Crippen LogP contribution >= 0.6 is 0 Å². The molecule has 7 heteroatoms. The molecular formula is C18H18N2O5. The maximum Gasteiger partial charge on any atom is 0.307 e. The van der Waals surface area contributed by atoms with E-state index in [2.05, 4.69) is 5.32 Å². The third-order valence-corrected chi connectivity index (χ3v) is 3.85. The van der Waals surface area contributed by atoms with Gasteiger partial charge in [0.1, 0.15) is 12.3 Å². The van der Waals surface area contributed by atoms with Crippen LogP contribution < -0.4 is 10.2 Å². The van der Waals surface area contributed by atoms with Crippen molar-refractivity contribution in [1.29, 1.82) is 0 Å². The second kappa shape index (κ2) is 7.21. The van der Waals surface area contributed by atoms with E-state index in [9.17, 15) is 14.4 Å². The van der Waals surface area contributed by atoms with Crippen LogP contribution in [-0.2, 0) is 25.5 Å². The number of anilines is 2. The van der Waals surface area contributed by atoms with Crippen LogP contribution in [0.4, 0.5) is 11.4 Å². The molecule has 0 radical (unpaired) electrons. The van der Waals surface area contributed by atoms with E-state index in [1.165, 1.54) is 18.1 Å². The van der Waals surface area contributed by atoms with Gasteiger partial charge in [-0.2, -0.15) is 0 Å². The van der Waals surface area contributed by atoms with Crippen LogP contribution in [0.25, 0.3) is 0 Å². The maximum absolute atomic E-state index is 12.6. The van der Waals surface area contributed by atoms with Crippen molar-refractivity contribution in [3.8, 4) is 0 Å². The Morgan fingerprint density at radius 1 is 1.28 bits per heavy atom. The highest BCUT2D eigenvalue weighted by molar-refractivity contribution is 6.11. The minimum Gasteiger partial charge on any atom is -0.469 e. The number of amides is 2. The first-order chi connectivity index (χ1) is 12.0. The van der Waals surface area contributed by atoms with Crippen LogP contribution in [0.3, 0.4) is 0 Å². The van der Waals surface area contributed by atoms with Gasteiger partial charge in [0.2, 0.25) is 5.91 Å². The first kappa shape index (κ1) is 16.8. The number of hydrogen-bond acceptors (Lipinski definition) is 5. The lowest BCUT2D eigenvalue weighted by Gasteiger charge is -2.30. The SMILES string of the molecule is C[C@H](OC(=O)CCc1ccco1)C(=O)N1CC(=O)Nc2ccccc21. The Hall–Kier alpha value is -3.09. The molecule has 1 aliphatic rings. The summed E-state index contributed by atoms with van der Waals surface area (Å²) in [4.78, 5) is 37.7. The lowest BCUT2D eigenvalue weighted by atomic mass is 10.1. The van der Waals surface area contributed by atoms with Crippen molar-refractivity contribution < 1.29 is 23.5 Å². The van der Waals surface area contributed by atoms with Gasteiger partial charge in [-0.25, -0.2) is 0 Å². The number of furan rings is 1. The third-order valence-electron chi connectivity index (χ3n) is 3.85. The summed E-state index contributed by atoms with van der Waals surface area (Å²) < 4.78 is 10.4. The number of fused-ring (bicyclic) bond motifs is 1. The van der Waals surface area contributed by atoms with Gasteiger partial charge in [-0.15, -0.1) is 0 Å². The minimum atomic E-state index is -0.983. The zero-order valence-corrected chi connectivity index (χ0v) is 13.7. The molecule has 1 aromatic carbocycles. The summed E-state index contributed by atoms with van der Waals surface area (Å²) in [5.41, 5.74) is 1.15. The number of carbonyl (C=O) groups is 3. The monoisotopic (exact) mass is 342 g/mol. The van der Waals surface area contributed by atoms with Gasteiger partial charge >= 0.3 is 5.97 Å². The minimum absolute atomic E-state index is 0.107. The standard InChI is InChI=1S/C18H18N2O5/c1-12(25-17(22)9-8-13-5-4-10-24-13)18(23)20-11-16(21)19-14-6-2-3-7-15(14)20/h2-7,10,12H,8-9,11H2,1H3,(H,19,21)/t12-/m0/s1. The van der Waals surface area contributed by atoms with Gasteiger partial charge in [0.15, 0.2) is 6.10 Å². The van der Waals surface area contributed by atoms with E-state index < -0.39 is 18.0 Å². The molecule has 7 nitrogen and oxygen atoms in total. The van der Waals surface area contributed by atoms with E-state index in [0.29, 0.717) is 23.6 Å². The summed E-state index contributed by atoms with van der Waals surface area (Å²) in [6.45, 7) is 1.40. The first-order valence-electron chi connectivity index (χ1n) is 7.96. The molecule has 1 aliphatic heterocycles. The van der Waals surface area contributed by atoms with Gasteiger partial charge in [-0.3, -0.25) is 19.3 Å². The van der Waals surface area contributed by atoms with Gasteiger partial charge in [0, 0.05) is 6.42 Å². The van der Waals surface area contributed by atoms with E-state index in [4.69, 9.17) is 9.15 Å². The Labute approximate surface area is 144 Å².